The van der Waals surface area contributed by atoms with Crippen LogP contribution in [0.3, 0.4) is 0 Å². The smallest absolute Gasteiger partial charge is 0.230 e. The van der Waals surface area contributed by atoms with Crippen molar-refractivity contribution in [3.8, 4) is 6.07 Å². The number of benzene rings is 1. The number of thioether (sulfide) groups is 1. The first-order valence-electron chi connectivity index (χ1n) is 6.14. The molecule has 0 bridgehead atoms. The van der Waals surface area contributed by atoms with E-state index in [9.17, 15) is 4.79 Å². The van der Waals surface area contributed by atoms with Gasteiger partial charge in [0.25, 0.3) is 0 Å². The molecule has 0 saturated carbocycles. The topological polar surface area (TPSA) is 66.0 Å². The molecule has 1 aromatic heterocycles. The van der Waals surface area contributed by atoms with Crippen LogP contribution in [-0.4, -0.2) is 11.7 Å². The summed E-state index contributed by atoms with van der Waals surface area (Å²) >= 11 is 1.52. The van der Waals surface area contributed by atoms with Crippen LogP contribution in [0.4, 0.5) is 0 Å². The first-order chi connectivity index (χ1) is 9.78. The molecule has 1 heterocycles. The highest BCUT2D eigenvalue weighted by molar-refractivity contribution is 7.99. The molecule has 0 unspecified atom stereocenters. The highest BCUT2D eigenvalue weighted by atomic mass is 32.2. The summed E-state index contributed by atoms with van der Waals surface area (Å²) in [5.41, 5.74) is 1.69. The molecule has 1 N–H and O–H groups in total. The standard InChI is InChI=1S/C15H14N2O2S/c16-8-12-3-1-4-13(7-12)10-20-11-15(18)17-9-14-5-2-6-19-14/h1-7H,9-11H2,(H,17,18). The molecule has 1 aromatic carbocycles. The first kappa shape index (κ1) is 14.2. The maximum atomic E-state index is 11.6. The van der Waals surface area contributed by atoms with Gasteiger partial charge in [-0.15, -0.1) is 11.8 Å². The Morgan fingerprint density at radius 3 is 3.00 bits per heavy atom. The number of rotatable bonds is 6. The Morgan fingerprint density at radius 1 is 1.35 bits per heavy atom. The van der Waals surface area contributed by atoms with Crippen LogP contribution in [0.5, 0.6) is 0 Å². The molecular formula is C15H14N2O2S. The normalized spacial score (nSPS) is 9.95. The number of nitriles is 1. The Bertz CT molecular complexity index is 603. The van der Waals surface area contributed by atoms with Crippen LogP contribution in [0.2, 0.25) is 0 Å². The zero-order chi connectivity index (χ0) is 14.2. The molecule has 0 aliphatic carbocycles. The maximum Gasteiger partial charge on any atom is 0.230 e. The van der Waals surface area contributed by atoms with Gasteiger partial charge in [-0.05, 0) is 29.8 Å². The average Bonchev–Trinajstić information content (AvgIpc) is 2.99. The maximum absolute atomic E-state index is 11.6. The molecule has 2 rings (SSSR count). The fraction of sp³-hybridized carbons (Fsp3) is 0.200. The monoisotopic (exact) mass is 286 g/mol. The summed E-state index contributed by atoms with van der Waals surface area (Å²) in [6.45, 7) is 0.413. The molecule has 4 nitrogen and oxygen atoms in total. The van der Waals surface area contributed by atoms with Crippen LogP contribution in [0.25, 0.3) is 0 Å². The SMILES string of the molecule is N#Cc1cccc(CSCC(=O)NCc2ccco2)c1. The second kappa shape index (κ2) is 7.41. The van der Waals surface area contributed by atoms with Crippen LogP contribution in [0.1, 0.15) is 16.9 Å². The Balaban J connectivity index is 1.70. The lowest BCUT2D eigenvalue weighted by molar-refractivity contribution is -0.118. The summed E-state index contributed by atoms with van der Waals surface area (Å²) in [5.74, 6) is 1.81. The molecule has 0 atom stereocenters. The molecule has 0 saturated heterocycles. The van der Waals surface area contributed by atoms with Crippen molar-refractivity contribution in [2.75, 3.05) is 5.75 Å². The van der Waals surface area contributed by atoms with E-state index in [1.807, 2.05) is 24.3 Å². The van der Waals surface area contributed by atoms with Crippen molar-refractivity contribution in [3.63, 3.8) is 0 Å². The van der Waals surface area contributed by atoms with E-state index in [4.69, 9.17) is 9.68 Å². The van der Waals surface area contributed by atoms with Crippen LogP contribution in [0, 0.1) is 11.3 Å². The molecule has 0 fully saturated rings. The fourth-order valence-corrected chi connectivity index (χ4v) is 2.45. The molecule has 20 heavy (non-hydrogen) atoms. The van der Waals surface area contributed by atoms with E-state index in [-0.39, 0.29) is 5.91 Å². The van der Waals surface area contributed by atoms with Crippen molar-refractivity contribution in [1.82, 2.24) is 5.32 Å². The number of hydrogen-bond acceptors (Lipinski definition) is 4. The van der Waals surface area contributed by atoms with Gasteiger partial charge >= 0.3 is 0 Å². The third-order valence-electron chi connectivity index (χ3n) is 2.60. The molecule has 102 valence electrons. The summed E-state index contributed by atoms with van der Waals surface area (Å²) in [6, 6.07) is 13.1. The quantitative estimate of drug-likeness (QED) is 0.886. The van der Waals surface area contributed by atoms with Gasteiger partial charge in [-0.2, -0.15) is 5.26 Å². The molecule has 0 aliphatic heterocycles. The van der Waals surface area contributed by atoms with Crippen molar-refractivity contribution in [2.24, 2.45) is 0 Å². The van der Waals surface area contributed by atoms with Crippen molar-refractivity contribution < 1.29 is 9.21 Å². The van der Waals surface area contributed by atoms with Gasteiger partial charge in [-0.25, -0.2) is 0 Å². The summed E-state index contributed by atoms with van der Waals surface area (Å²) in [6.07, 6.45) is 1.58. The highest BCUT2D eigenvalue weighted by Crippen LogP contribution is 2.13. The summed E-state index contributed by atoms with van der Waals surface area (Å²) in [7, 11) is 0. The third kappa shape index (κ3) is 4.48. The molecule has 0 spiro atoms. The van der Waals surface area contributed by atoms with Crippen molar-refractivity contribution in [3.05, 3.63) is 59.5 Å². The number of amides is 1. The second-order valence-electron chi connectivity index (χ2n) is 4.16. The predicted molar refractivity (Wildman–Crippen MR) is 77.9 cm³/mol. The van der Waals surface area contributed by atoms with Crippen LogP contribution >= 0.6 is 11.8 Å². The van der Waals surface area contributed by atoms with E-state index in [0.717, 1.165) is 11.3 Å². The Morgan fingerprint density at radius 2 is 2.25 bits per heavy atom. The average molecular weight is 286 g/mol. The number of nitrogens with one attached hydrogen (secondary N) is 1. The van der Waals surface area contributed by atoms with Gasteiger partial charge in [0.05, 0.1) is 30.2 Å². The van der Waals surface area contributed by atoms with Gasteiger partial charge in [0, 0.05) is 5.75 Å². The molecule has 1 amide bonds. The minimum Gasteiger partial charge on any atom is -0.467 e. The van der Waals surface area contributed by atoms with E-state index in [2.05, 4.69) is 11.4 Å². The Hall–Kier alpha value is -2.19. The minimum atomic E-state index is -0.0252. The number of carbonyl (C=O) groups excluding carboxylic acids is 1. The number of hydrogen-bond donors (Lipinski definition) is 1. The van der Waals surface area contributed by atoms with Crippen LogP contribution in [-0.2, 0) is 17.1 Å². The summed E-state index contributed by atoms with van der Waals surface area (Å²) < 4.78 is 5.13. The minimum absolute atomic E-state index is 0.0252. The third-order valence-corrected chi connectivity index (χ3v) is 3.60. The van der Waals surface area contributed by atoms with E-state index in [1.165, 1.54) is 11.8 Å². The van der Waals surface area contributed by atoms with Crippen molar-refractivity contribution in [2.45, 2.75) is 12.3 Å². The number of nitrogens with zero attached hydrogens (tertiary/aromatic N) is 1. The van der Waals surface area contributed by atoms with Gasteiger partial charge in [-0.3, -0.25) is 4.79 Å². The van der Waals surface area contributed by atoms with Crippen LogP contribution < -0.4 is 5.32 Å². The summed E-state index contributed by atoms with van der Waals surface area (Å²) in [5, 5.41) is 11.6. The molecule has 5 heteroatoms. The highest BCUT2D eigenvalue weighted by Gasteiger charge is 2.03. The lowest BCUT2D eigenvalue weighted by Gasteiger charge is -2.04. The number of carbonyl (C=O) groups is 1. The molecule has 0 aliphatic rings. The summed E-state index contributed by atoms with van der Waals surface area (Å²) in [4.78, 5) is 11.6. The second-order valence-corrected chi connectivity index (χ2v) is 5.15. The van der Waals surface area contributed by atoms with Crippen LogP contribution in [0.15, 0.2) is 47.1 Å². The first-order valence-corrected chi connectivity index (χ1v) is 7.29. The van der Waals surface area contributed by atoms with Gasteiger partial charge in [0.15, 0.2) is 0 Å². The molecular weight excluding hydrogens is 272 g/mol. The lowest BCUT2D eigenvalue weighted by Crippen LogP contribution is -2.24. The van der Waals surface area contributed by atoms with E-state index >= 15 is 0 Å². The van der Waals surface area contributed by atoms with Crippen molar-refractivity contribution in [1.29, 1.82) is 5.26 Å². The molecule has 0 radical (unpaired) electrons. The predicted octanol–water partition coefficient (Wildman–Crippen LogP) is 2.70. The van der Waals surface area contributed by atoms with Gasteiger partial charge in [-0.1, -0.05) is 12.1 Å². The fourth-order valence-electron chi connectivity index (χ4n) is 1.64. The largest absolute Gasteiger partial charge is 0.467 e. The molecule has 2 aromatic rings. The number of furan rings is 1. The Kier molecular flexibility index (Phi) is 5.27. The van der Waals surface area contributed by atoms with E-state index < -0.39 is 0 Å². The van der Waals surface area contributed by atoms with E-state index in [0.29, 0.717) is 23.6 Å². The Labute approximate surface area is 121 Å². The van der Waals surface area contributed by atoms with Gasteiger partial charge < -0.3 is 9.73 Å². The van der Waals surface area contributed by atoms with Crippen molar-refractivity contribution >= 4 is 17.7 Å². The zero-order valence-corrected chi connectivity index (χ0v) is 11.7. The lowest BCUT2D eigenvalue weighted by atomic mass is 10.2. The van der Waals surface area contributed by atoms with Gasteiger partial charge in [0.1, 0.15) is 5.76 Å². The van der Waals surface area contributed by atoms with Gasteiger partial charge in [0.2, 0.25) is 5.91 Å². The zero-order valence-electron chi connectivity index (χ0n) is 10.8. The van der Waals surface area contributed by atoms with E-state index in [1.54, 1.807) is 18.4 Å².